The van der Waals surface area contributed by atoms with E-state index in [4.69, 9.17) is 9.47 Å². The molecule has 0 aromatic heterocycles. The van der Waals surface area contributed by atoms with Gasteiger partial charge < -0.3 is 19.7 Å². The van der Waals surface area contributed by atoms with E-state index in [0.717, 1.165) is 32.3 Å². The Hall–Kier alpha value is -0.420. The van der Waals surface area contributed by atoms with Crippen molar-refractivity contribution < 1.29 is 19.7 Å². The molecular formula is C27H42O4. The minimum absolute atomic E-state index is 0.155. The van der Waals surface area contributed by atoms with Gasteiger partial charge >= 0.3 is 0 Å². The monoisotopic (exact) mass is 430 g/mol. The molecular weight excluding hydrogens is 388 g/mol. The van der Waals surface area contributed by atoms with Crippen molar-refractivity contribution in [3.05, 3.63) is 11.6 Å². The molecule has 2 aliphatic heterocycles. The number of aliphatic hydroxyl groups excluding tert-OH is 2. The first-order chi connectivity index (χ1) is 14.7. The first-order valence-corrected chi connectivity index (χ1v) is 13.1. The van der Waals surface area contributed by atoms with Crippen molar-refractivity contribution in [2.45, 2.75) is 103 Å². The minimum atomic E-state index is -0.420. The SMILES string of the molecule is CC1CCC2(OC1)OC1CC3[C@@H]4CC=C5C[C@@H](O)C[C@@H](O)[C@]5(C)C4CC[C@]3(C)C1C2C. The van der Waals surface area contributed by atoms with Crippen LogP contribution in [0.15, 0.2) is 11.6 Å². The third-order valence-electron chi connectivity index (χ3n) is 11.4. The molecule has 4 aliphatic carbocycles. The number of ether oxygens (including phenoxy) is 2. The van der Waals surface area contributed by atoms with Gasteiger partial charge in [0.1, 0.15) is 0 Å². The molecule has 7 unspecified atom stereocenters. The van der Waals surface area contributed by atoms with Crippen LogP contribution in [0.2, 0.25) is 0 Å². The zero-order chi connectivity index (χ0) is 21.8. The standard InChI is InChI=1S/C27H42O4/c1-15-7-10-27(30-14-15)16(2)24-22(31-27)13-21-19-6-5-17-11-18(28)12-23(29)26(17,4)20(19)8-9-25(21,24)3/h5,15-16,18-24,28-29H,6-14H2,1-4H3/t15?,16?,18-,19-,20?,21?,22?,23-,24?,25+,26+,27?/m1/s1. The molecule has 1 spiro atoms. The highest BCUT2D eigenvalue weighted by Gasteiger charge is 2.69. The highest BCUT2D eigenvalue weighted by atomic mass is 16.7. The summed E-state index contributed by atoms with van der Waals surface area (Å²) >= 11 is 0. The molecule has 2 N–H and O–H groups in total. The summed E-state index contributed by atoms with van der Waals surface area (Å²) in [6, 6.07) is 0. The van der Waals surface area contributed by atoms with Gasteiger partial charge in [-0.2, -0.15) is 0 Å². The van der Waals surface area contributed by atoms with Crippen molar-refractivity contribution in [3.8, 4) is 0 Å². The summed E-state index contributed by atoms with van der Waals surface area (Å²) in [5.41, 5.74) is 1.48. The van der Waals surface area contributed by atoms with Crippen LogP contribution in [0.3, 0.4) is 0 Å². The molecule has 4 nitrogen and oxygen atoms in total. The third kappa shape index (κ3) is 2.68. The average molecular weight is 431 g/mol. The van der Waals surface area contributed by atoms with E-state index in [-0.39, 0.29) is 17.3 Å². The lowest BCUT2D eigenvalue weighted by Crippen LogP contribution is -2.56. The van der Waals surface area contributed by atoms with Gasteiger partial charge in [0.05, 0.1) is 24.9 Å². The van der Waals surface area contributed by atoms with Gasteiger partial charge in [-0.1, -0.05) is 39.3 Å². The van der Waals surface area contributed by atoms with Crippen molar-refractivity contribution in [1.29, 1.82) is 0 Å². The van der Waals surface area contributed by atoms with Crippen molar-refractivity contribution in [1.82, 2.24) is 0 Å². The molecule has 4 heteroatoms. The zero-order valence-electron chi connectivity index (χ0n) is 19.8. The smallest absolute Gasteiger partial charge is 0.171 e. The summed E-state index contributed by atoms with van der Waals surface area (Å²) in [5.74, 6) is 3.17. The van der Waals surface area contributed by atoms with Crippen LogP contribution in [0.25, 0.3) is 0 Å². The van der Waals surface area contributed by atoms with E-state index in [0.29, 0.717) is 53.4 Å². The van der Waals surface area contributed by atoms with Crippen LogP contribution in [-0.2, 0) is 9.47 Å². The molecule has 174 valence electrons. The highest BCUT2D eigenvalue weighted by Crippen LogP contribution is 2.70. The Labute approximate surface area is 187 Å². The van der Waals surface area contributed by atoms with E-state index < -0.39 is 6.10 Å². The zero-order valence-corrected chi connectivity index (χ0v) is 19.8. The molecule has 3 saturated carbocycles. The van der Waals surface area contributed by atoms with Gasteiger partial charge in [0, 0.05) is 24.2 Å². The number of rotatable bonds is 0. The Morgan fingerprint density at radius 1 is 1.03 bits per heavy atom. The van der Waals surface area contributed by atoms with Crippen LogP contribution >= 0.6 is 0 Å². The van der Waals surface area contributed by atoms with E-state index in [2.05, 4.69) is 33.8 Å². The molecule has 0 amide bonds. The molecule has 0 bridgehead atoms. The number of fused-ring (bicyclic) bond motifs is 7. The predicted molar refractivity (Wildman–Crippen MR) is 119 cm³/mol. The number of hydrogen-bond acceptors (Lipinski definition) is 4. The molecule has 6 aliphatic rings. The maximum atomic E-state index is 11.1. The summed E-state index contributed by atoms with van der Waals surface area (Å²) in [5, 5.41) is 21.4. The first-order valence-electron chi connectivity index (χ1n) is 13.1. The first kappa shape index (κ1) is 21.1. The molecule has 2 heterocycles. The largest absolute Gasteiger partial charge is 0.393 e. The average Bonchev–Trinajstić information content (AvgIpc) is 3.16. The van der Waals surface area contributed by atoms with Crippen molar-refractivity contribution >= 4 is 0 Å². The van der Waals surface area contributed by atoms with E-state index in [1.807, 2.05) is 0 Å². The molecule has 12 atom stereocenters. The van der Waals surface area contributed by atoms with Gasteiger partial charge in [0.25, 0.3) is 0 Å². The predicted octanol–water partition coefficient (Wildman–Crippen LogP) is 4.68. The summed E-state index contributed by atoms with van der Waals surface area (Å²) in [7, 11) is 0. The van der Waals surface area contributed by atoms with E-state index >= 15 is 0 Å². The fourth-order valence-corrected chi connectivity index (χ4v) is 9.72. The van der Waals surface area contributed by atoms with E-state index in [9.17, 15) is 10.2 Å². The van der Waals surface area contributed by atoms with Crippen LogP contribution in [0, 0.1) is 46.3 Å². The molecule has 0 aromatic rings. The molecule has 5 fully saturated rings. The van der Waals surface area contributed by atoms with Crippen LogP contribution in [0.1, 0.15) is 79.1 Å². The second kappa shape index (κ2) is 6.81. The van der Waals surface area contributed by atoms with Crippen LogP contribution in [-0.4, -0.2) is 40.9 Å². The van der Waals surface area contributed by atoms with Gasteiger partial charge in [-0.05, 0) is 73.5 Å². The van der Waals surface area contributed by atoms with E-state index in [1.165, 1.54) is 24.8 Å². The number of allylic oxidation sites excluding steroid dienone is 1. The lowest BCUT2D eigenvalue weighted by Gasteiger charge is -2.59. The Morgan fingerprint density at radius 3 is 2.58 bits per heavy atom. The van der Waals surface area contributed by atoms with Gasteiger partial charge in [-0.3, -0.25) is 0 Å². The second-order valence-electron chi connectivity index (χ2n) is 12.8. The number of aliphatic hydroxyl groups is 2. The van der Waals surface area contributed by atoms with Gasteiger partial charge in [0.2, 0.25) is 0 Å². The van der Waals surface area contributed by atoms with Crippen molar-refractivity contribution in [2.24, 2.45) is 46.3 Å². The molecule has 0 aromatic carbocycles. The van der Waals surface area contributed by atoms with Crippen molar-refractivity contribution in [2.75, 3.05) is 6.61 Å². The fraction of sp³-hybridized carbons (Fsp3) is 0.926. The Morgan fingerprint density at radius 2 is 1.84 bits per heavy atom. The topological polar surface area (TPSA) is 58.9 Å². The third-order valence-corrected chi connectivity index (χ3v) is 11.4. The summed E-state index contributed by atoms with van der Waals surface area (Å²) < 4.78 is 13.3. The van der Waals surface area contributed by atoms with E-state index in [1.54, 1.807) is 0 Å². The highest BCUT2D eigenvalue weighted by molar-refractivity contribution is 5.28. The van der Waals surface area contributed by atoms with Gasteiger partial charge in [0.15, 0.2) is 5.79 Å². The second-order valence-corrected chi connectivity index (χ2v) is 12.8. The lowest BCUT2D eigenvalue weighted by atomic mass is 9.46. The summed E-state index contributed by atoms with van der Waals surface area (Å²) in [4.78, 5) is 0. The van der Waals surface area contributed by atoms with Crippen molar-refractivity contribution in [3.63, 3.8) is 0 Å². The minimum Gasteiger partial charge on any atom is -0.393 e. The lowest BCUT2D eigenvalue weighted by molar-refractivity contribution is -0.272. The quantitative estimate of drug-likeness (QED) is 0.548. The summed E-state index contributed by atoms with van der Waals surface area (Å²) in [6.45, 7) is 10.4. The fourth-order valence-electron chi connectivity index (χ4n) is 9.72. The summed E-state index contributed by atoms with van der Waals surface area (Å²) in [6.07, 6.45) is 10.2. The van der Waals surface area contributed by atoms with Crippen LogP contribution < -0.4 is 0 Å². The molecule has 2 saturated heterocycles. The maximum Gasteiger partial charge on any atom is 0.171 e. The number of hydrogen-bond donors (Lipinski definition) is 2. The molecule has 6 rings (SSSR count). The van der Waals surface area contributed by atoms with Crippen LogP contribution in [0.5, 0.6) is 0 Å². The Kier molecular flexibility index (Phi) is 4.64. The Bertz CT molecular complexity index is 769. The van der Waals surface area contributed by atoms with Gasteiger partial charge in [-0.15, -0.1) is 0 Å². The normalized spacial score (nSPS) is 60.7. The Balaban J connectivity index is 1.29. The van der Waals surface area contributed by atoms with Gasteiger partial charge in [-0.25, -0.2) is 0 Å². The molecule has 31 heavy (non-hydrogen) atoms. The molecule has 0 radical (unpaired) electrons. The van der Waals surface area contributed by atoms with Crippen LogP contribution in [0.4, 0.5) is 0 Å². The maximum absolute atomic E-state index is 11.1.